The molecule has 0 aliphatic carbocycles. The molecule has 1 aromatic carbocycles. The largest absolute Gasteiger partial charge is 0.352 e. The number of aryl methyl sites for hydroxylation is 2. The number of hydrogen-bond donors (Lipinski definition) is 1. The minimum atomic E-state index is -3.66. The van der Waals surface area contributed by atoms with Gasteiger partial charge in [-0.3, -0.25) is 9.48 Å². The van der Waals surface area contributed by atoms with Crippen molar-refractivity contribution in [3.8, 4) is 5.69 Å². The van der Waals surface area contributed by atoms with Crippen LogP contribution >= 0.6 is 0 Å². The summed E-state index contributed by atoms with van der Waals surface area (Å²) >= 11 is 0. The van der Waals surface area contributed by atoms with Crippen molar-refractivity contribution in [1.29, 1.82) is 0 Å². The monoisotopic (exact) mass is 456 g/mol. The van der Waals surface area contributed by atoms with Gasteiger partial charge < -0.3 is 5.32 Å². The molecule has 1 fully saturated rings. The second-order valence-electron chi connectivity index (χ2n) is 8.17. The fourth-order valence-corrected chi connectivity index (χ4v) is 5.64. The lowest BCUT2D eigenvalue weighted by molar-refractivity contribution is -0.126. The Kier molecular flexibility index (Phi) is 6.16. The molecule has 1 aliphatic rings. The molecule has 10 heteroatoms. The van der Waals surface area contributed by atoms with Crippen LogP contribution in [0.1, 0.15) is 29.8 Å². The summed E-state index contributed by atoms with van der Waals surface area (Å²) in [5.74, 6) is -0.526. The van der Waals surface area contributed by atoms with E-state index in [0.717, 1.165) is 22.6 Å². The van der Waals surface area contributed by atoms with E-state index in [2.05, 4.69) is 15.5 Å². The maximum Gasteiger partial charge on any atom is 0.246 e. The molecule has 1 saturated heterocycles. The van der Waals surface area contributed by atoms with E-state index in [9.17, 15) is 13.2 Å². The van der Waals surface area contributed by atoms with Gasteiger partial charge in [-0.15, -0.1) is 0 Å². The number of sulfonamides is 1. The summed E-state index contributed by atoms with van der Waals surface area (Å²) in [7, 11) is -1.98. The first-order valence-electron chi connectivity index (χ1n) is 10.6. The van der Waals surface area contributed by atoms with Crippen LogP contribution in [0, 0.1) is 19.8 Å². The number of para-hydroxylation sites is 1. The number of nitrogens with one attached hydrogen (secondary N) is 1. The van der Waals surface area contributed by atoms with Gasteiger partial charge in [-0.2, -0.15) is 14.5 Å². The Labute approximate surface area is 188 Å². The SMILES string of the molecule is Cc1nn(-c2ccccc2)c(C)c1CNC(=O)[C@@H]1CCCN(S(=O)(=O)c2cnn(C)c2)C1. The molecule has 9 nitrogen and oxygen atoms in total. The van der Waals surface area contributed by atoms with E-state index < -0.39 is 10.0 Å². The first kappa shape index (κ1) is 22.2. The van der Waals surface area contributed by atoms with Gasteiger partial charge in [0.05, 0.1) is 23.5 Å². The van der Waals surface area contributed by atoms with Crippen molar-refractivity contribution in [2.24, 2.45) is 13.0 Å². The minimum absolute atomic E-state index is 0.137. The number of piperidine rings is 1. The van der Waals surface area contributed by atoms with E-state index in [1.54, 1.807) is 7.05 Å². The molecule has 32 heavy (non-hydrogen) atoms. The van der Waals surface area contributed by atoms with Crippen LogP contribution in [0.25, 0.3) is 5.69 Å². The highest BCUT2D eigenvalue weighted by Gasteiger charge is 2.34. The fourth-order valence-electron chi connectivity index (χ4n) is 4.13. The van der Waals surface area contributed by atoms with E-state index in [-0.39, 0.29) is 23.3 Å². The molecular formula is C22H28N6O3S. The number of carbonyl (C=O) groups excluding carboxylic acids is 1. The van der Waals surface area contributed by atoms with Gasteiger partial charge in [0.2, 0.25) is 15.9 Å². The molecule has 0 saturated carbocycles. The third-order valence-corrected chi connectivity index (χ3v) is 7.77. The van der Waals surface area contributed by atoms with Crippen LogP contribution in [-0.4, -0.2) is 51.3 Å². The topological polar surface area (TPSA) is 102 Å². The Morgan fingerprint density at radius 1 is 1.22 bits per heavy atom. The maximum atomic E-state index is 12.9. The lowest BCUT2D eigenvalue weighted by Gasteiger charge is -2.30. The molecule has 170 valence electrons. The van der Waals surface area contributed by atoms with E-state index in [0.29, 0.717) is 25.9 Å². The van der Waals surface area contributed by atoms with E-state index in [1.807, 2.05) is 48.9 Å². The second-order valence-corrected chi connectivity index (χ2v) is 10.1. The van der Waals surface area contributed by atoms with E-state index in [1.165, 1.54) is 21.4 Å². The number of carbonyl (C=O) groups is 1. The number of benzene rings is 1. The van der Waals surface area contributed by atoms with Crippen molar-refractivity contribution < 1.29 is 13.2 Å². The van der Waals surface area contributed by atoms with Crippen LogP contribution in [0.4, 0.5) is 0 Å². The molecule has 1 atom stereocenters. The average Bonchev–Trinajstić information content (AvgIpc) is 3.36. The Bertz CT molecular complexity index is 1220. The quantitative estimate of drug-likeness (QED) is 0.611. The van der Waals surface area contributed by atoms with Crippen molar-refractivity contribution in [2.75, 3.05) is 13.1 Å². The second kappa shape index (κ2) is 8.87. The van der Waals surface area contributed by atoms with Crippen molar-refractivity contribution in [1.82, 2.24) is 29.2 Å². The van der Waals surface area contributed by atoms with Gasteiger partial charge in [0.1, 0.15) is 4.90 Å². The van der Waals surface area contributed by atoms with Crippen molar-refractivity contribution in [3.05, 3.63) is 59.7 Å². The molecule has 0 bridgehead atoms. The van der Waals surface area contributed by atoms with Crippen molar-refractivity contribution in [3.63, 3.8) is 0 Å². The van der Waals surface area contributed by atoms with Gasteiger partial charge in [-0.25, -0.2) is 13.1 Å². The molecule has 3 aromatic rings. The molecular weight excluding hydrogens is 428 g/mol. The summed E-state index contributed by atoms with van der Waals surface area (Å²) in [5, 5.41) is 11.6. The Morgan fingerprint density at radius 3 is 2.66 bits per heavy atom. The van der Waals surface area contributed by atoms with Crippen LogP contribution in [0.3, 0.4) is 0 Å². The zero-order chi connectivity index (χ0) is 22.9. The third kappa shape index (κ3) is 4.33. The van der Waals surface area contributed by atoms with E-state index in [4.69, 9.17) is 0 Å². The molecule has 3 heterocycles. The highest BCUT2D eigenvalue weighted by atomic mass is 32.2. The molecule has 2 aromatic heterocycles. The van der Waals surface area contributed by atoms with Crippen LogP contribution in [0.2, 0.25) is 0 Å². The third-order valence-electron chi connectivity index (χ3n) is 5.96. The van der Waals surface area contributed by atoms with Crippen LogP contribution in [0.5, 0.6) is 0 Å². The number of amides is 1. The predicted octanol–water partition coefficient (Wildman–Crippen LogP) is 1.94. The zero-order valence-electron chi connectivity index (χ0n) is 18.5. The normalized spacial score (nSPS) is 17.4. The van der Waals surface area contributed by atoms with Crippen molar-refractivity contribution in [2.45, 2.75) is 38.1 Å². The highest BCUT2D eigenvalue weighted by molar-refractivity contribution is 7.89. The number of nitrogens with zero attached hydrogens (tertiary/aromatic N) is 5. The lowest BCUT2D eigenvalue weighted by atomic mass is 9.98. The van der Waals surface area contributed by atoms with Gasteiger partial charge in [-0.1, -0.05) is 18.2 Å². The summed E-state index contributed by atoms with van der Waals surface area (Å²) < 4.78 is 30.5. The van der Waals surface area contributed by atoms with E-state index >= 15 is 0 Å². The van der Waals surface area contributed by atoms with Crippen LogP contribution in [-0.2, 0) is 28.4 Å². The van der Waals surface area contributed by atoms with Gasteiger partial charge in [0, 0.05) is 44.1 Å². The number of aromatic nitrogens is 4. The molecule has 1 aliphatic heterocycles. The highest BCUT2D eigenvalue weighted by Crippen LogP contribution is 2.24. The minimum Gasteiger partial charge on any atom is -0.352 e. The molecule has 1 N–H and O–H groups in total. The molecule has 0 unspecified atom stereocenters. The average molecular weight is 457 g/mol. The smallest absolute Gasteiger partial charge is 0.246 e. The summed E-state index contributed by atoms with van der Waals surface area (Å²) in [6, 6.07) is 9.85. The van der Waals surface area contributed by atoms with Crippen molar-refractivity contribution >= 4 is 15.9 Å². The van der Waals surface area contributed by atoms with Gasteiger partial charge in [-0.05, 0) is 38.8 Å². The predicted molar refractivity (Wildman–Crippen MR) is 120 cm³/mol. The molecule has 1 amide bonds. The first-order valence-corrected chi connectivity index (χ1v) is 12.1. The van der Waals surface area contributed by atoms with Gasteiger partial charge >= 0.3 is 0 Å². The summed E-state index contributed by atoms with van der Waals surface area (Å²) in [5.41, 5.74) is 3.77. The maximum absolute atomic E-state index is 12.9. The Hall–Kier alpha value is -2.98. The van der Waals surface area contributed by atoms with Crippen LogP contribution in [0.15, 0.2) is 47.6 Å². The summed E-state index contributed by atoms with van der Waals surface area (Å²) in [6.45, 7) is 4.84. The summed E-state index contributed by atoms with van der Waals surface area (Å²) in [6.07, 6.45) is 4.12. The standard InChI is InChI=1S/C22H28N6O3S/c1-16-21(17(2)28(25-16)19-9-5-4-6-10-19)13-23-22(29)18-8-7-11-27(14-18)32(30,31)20-12-24-26(3)15-20/h4-6,9-10,12,15,18H,7-8,11,13-14H2,1-3H3,(H,23,29)/t18-/m1/s1. The zero-order valence-corrected chi connectivity index (χ0v) is 19.3. The Morgan fingerprint density at radius 2 is 1.97 bits per heavy atom. The lowest BCUT2D eigenvalue weighted by Crippen LogP contribution is -2.45. The molecule has 0 spiro atoms. The Balaban J connectivity index is 1.43. The first-order chi connectivity index (χ1) is 15.3. The number of rotatable bonds is 6. The fraction of sp³-hybridized carbons (Fsp3) is 0.409. The number of hydrogen-bond acceptors (Lipinski definition) is 5. The van der Waals surface area contributed by atoms with Gasteiger partial charge in [0.25, 0.3) is 0 Å². The molecule has 0 radical (unpaired) electrons. The molecule has 4 rings (SSSR count). The van der Waals surface area contributed by atoms with Crippen LogP contribution < -0.4 is 5.32 Å². The van der Waals surface area contributed by atoms with Gasteiger partial charge in [0.15, 0.2) is 0 Å². The summed E-state index contributed by atoms with van der Waals surface area (Å²) in [4.78, 5) is 13.1.